The first-order valence-electron chi connectivity index (χ1n) is 13.2. The van der Waals surface area contributed by atoms with Crippen molar-refractivity contribution in [2.24, 2.45) is 0 Å². The van der Waals surface area contributed by atoms with Gasteiger partial charge in [0.25, 0.3) is 0 Å². The largest absolute Gasteiger partial charge is 0.494 e. The van der Waals surface area contributed by atoms with Gasteiger partial charge in [0, 0.05) is 0 Å². The Bertz CT molecular complexity index is 990. The molecule has 4 nitrogen and oxygen atoms in total. The van der Waals surface area contributed by atoms with Crippen LogP contribution in [0.5, 0.6) is 5.75 Å². The van der Waals surface area contributed by atoms with Gasteiger partial charge in [-0.25, -0.2) is 0 Å². The fraction of sp³-hybridized carbons (Fsp3) is 0.536. The molecule has 0 saturated carbocycles. The Morgan fingerprint density at radius 1 is 0.667 bits per heavy atom. The maximum atomic E-state index is 8.97. The summed E-state index contributed by atoms with van der Waals surface area (Å²) in [5.74, 6) is 0.907. The fourth-order valence-corrected chi connectivity index (χ4v) is 28.9. The summed E-state index contributed by atoms with van der Waals surface area (Å²) in [6.45, 7) is 21.9. The molecule has 0 aliphatic rings. The van der Waals surface area contributed by atoms with Gasteiger partial charge < -0.3 is 13.0 Å². The SMILES string of the molecule is C[Si](C)(C)O[Si](C)(C)C[Si](C)(CCCCCOc1ccc(-c2ccc(C#N)cc2)cc1)O[Si](C)(C)C. The molecular weight excluding hydrogens is 511 g/mol. The molecule has 0 spiro atoms. The number of nitrogens with zero attached hydrogens (tertiary/aromatic N) is 1. The maximum absolute atomic E-state index is 8.97. The zero-order valence-corrected chi connectivity index (χ0v) is 28.0. The van der Waals surface area contributed by atoms with Crippen LogP contribution in [0.3, 0.4) is 0 Å². The Hall–Kier alpha value is -1.48. The third-order valence-corrected chi connectivity index (χ3v) is 22.6. The maximum Gasteiger partial charge on any atom is 0.176 e. The van der Waals surface area contributed by atoms with Gasteiger partial charge in [-0.2, -0.15) is 5.26 Å². The van der Waals surface area contributed by atoms with E-state index < -0.39 is 33.3 Å². The van der Waals surface area contributed by atoms with Crippen molar-refractivity contribution in [2.75, 3.05) is 6.61 Å². The van der Waals surface area contributed by atoms with Gasteiger partial charge in [0.1, 0.15) is 5.75 Å². The van der Waals surface area contributed by atoms with Gasteiger partial charge in [0.05, 0.1) is 18.2 Å². The van der Waals surface area contributed by atoms with E-state index in [0.717, 1.165) is 36.3 Å². The van der Waals surface area contributed by atoms with E-state index >= 15 is 0 Å². The van der Waals surface area contributed by atoms with Crippen LogP contribution in [0.15, 0.2) is 48.5 Å². The summed E-state index contributed by atoms with van der Waals surface area (Å²) < 4.78 is 19.6. The minimum atomic E-state index is -1.83. The molecule has 0 fully saturated rings. The average Bonchev–Trinajstić information content (AvgIpc) is 2.73. The molecule has 0 heterocycles. The lowest BCUT2D eigenvalue weighted by atomic mass is 10.0. The first kappa shape index (κ1) is 30.7. The van der Waals surface area contributed by atoms with Crippen LogP contribution in [0.2, 0.25) is 70.6 Å². The van der Waals surface area contributed by atoms with Crippen LogP contribution in [-0.4, -0.2) is 39.9 Å². The minimum absolute atomic E-state index is 0.680. The van der Waals surface area contributed by atoms with Gasteiger partial charge >= 0.3 is 0 Å². The summed E-state index contributed by atoms with van der Waals surface area (Å²) in [7, 11) is -6.72. The molecule has 198 valence electrons. The van der Waals surface area contributed by atoms with Crippen LogP contribution in [0, 0.1) is 11.3 Å². The molecule has 0 amide bonds. The second kappa shape index (κ2) is 12.8. The summed E-state index contributed by atoms with van der Waals surface area (Å²) in [6, 6.07) is 19.3. The highest BCUT2D eigenvalue weighted by atomic mass is 28.5. The second-order valence-electron chi connectivity index (χ2n) is 12.7. The number of nitriles is 1. The Kier molecular flexibility index (Phi) is 11.0. The van der Waals surface area contributed by atoms with Crippen LogP contribution >= 0.6 is 0 Å². The number of benzene rings is 2. The molecule has 2 aromatic carbocycles. The second-order valence-corrected chi connectivity index (χ2v) is 31.1. The fourth-order valence-electron chi connectivity index (χ4n) is 5.13. The predicted molar refractivity (Wildman–Crippen MR) is 164 cm³/mol. The lowest BCUT2D eigenvalue weighted by Gasteiger charge is -2.41. The van der Waals surface area contributed by atoms with E-state index in [4.69, 9.17) is 18.2 Å². The highest BCUT2D eigenvalue weighted by Crippen LogP contribution is 2.32. The summed E-state index contributed by atoms with van der Waals surface area (Å²) in [6.07, 6.45) is 3.42. The molecular formula is C28H47NO3Si4. The van der Waals surface area contributed by atoms with Crippen molar-refractivity contribution in [1.29, 1.82) is 5.26 Å². The molecule has 0 aliphatic heterocycles. The number of hydrogen-bond acceptors (Lipinski definition) is 4. The predicted octanol–water partition coefficient (Wildman–Crippen LogP) is 8.80. The van der Waals surface area contributed by atoms with Crippen LogP contribution in [0.25, 0.3) is 11.1 Å². The molecule has 0 bridgehead atoms. The molecule has 0 aromatic heterocycles. The van der Waals surface area contributed by atoms with Gasteiger partial charge in [-0.15, -0.1) is 0 Å². The summed E-state index contributed by atoms with van der Waals surface area (Å²) >= 11 is 0. The molecule has 36 heavy (non-hydrogen) atoms. The summed E-state index contributed by atoms with van der Waals surface area (Å²) in [4.78, 5) is 0. The van der Waals surface area contributed by atoms with Gasteiger partial charge in [-0.3, -0.25) is 0 Å². The molecule has 0 N–H and O–H groups in total. The summed E-state index contributed by atoms with van der Waals surface area (Å²) in [5, 5.41) is 8.97. The molecule has 1 atom stereocenters. The smallest absolute Gasteiger partial charge is 0.176 e. The van der Waals surface area contributed by atoms with Crippen LogP contribution in [0.4, 0.5) is 0 Å². The van der Waals surface area contributed by atoms with E-state index in [1.807, 2.05) is 36.4 Å². The Morgan fingerprint density at radius 3 is 1.69 bits per heavy atom. The third-order valence-electron chi connectivity index (χ3n) is 5.76. The molecule has 0 radical (unpaired) electrons. The monoisotopic (exact) mass is 557 g/mol. The van der Waals surface area contributed by atoms with Crippen LogP contribution in [0.1, 0.15) is 24.8 Å². The normalized spacial score (nSPS) is 14.2. The number of unbranched alkanes of at least 4 members (excludes halogenated alkanes) is 2. The molecule has 8 heteroatoms. The number of rotatable bonds is 14. The Morgan fingerprint density at radius 2 is 1.19 bits per heavy atom. The van der Waals surface area contributed by atoms with Crippen molar-refractivity contribution >= 4 is 33.3 Å². The Labute approximate surface area is 224 Å². The molecule has 1 unspecified atom stereocenters. The number of ether oxygens (including phenoxy) is 1. The average molecular weight is 558 g/mol. The molecule has 2 aromatic rings. The van der Waals surface area contributed by atoms with E-state index in [9.17, 15) is 0 Å². The lowest BCUT2D eigenvalue weighted by Crippen LogP contribution is -2.53. The van der Waals surface area contributed by atoms with Gasteiger partial charge in [-0.05, 0) is 112 Å². The lowest BCUT2D eigenvalue weighted by molar-refractivity contribution is 0.306. The van der Waals surface area contributed by atoms with Crippen molar-refractivity contribution in [1.82, 2.24) is 0 Å². The van der Waals surface area contributed by atoms with Crippen molar-refractivity contribution in [3.63, 3.8) is 0 Å². The Balaban J connectivity index is 1.82. The quantitative estimate of drug-likeness (QED) is 0.172. The van der Waals surface area contributed by atoms with Crippen molar-refractivity contribution in [3.05, 3.63) is 54.1 Å². The van der Waals surface area contributed by atoms with Gasteiger partial charge in [-0.1, -0.05) is 37.1 Å². The van der Waals surface area contributed by atoms with Crippen LogP contribution < -0.4 is 4.74 Å². The van der Waals surface area contributed by atoms with Gasteiger partial charge in [0.2, 0.25) is 0 Å². The summed E-state index contributed by atoms with van der Waals surface area (Å²) in [5.41, 5.74) is 4.11. The molecule has 0 saturated heterocycles. The van der Waals surface area contributed by atoms with Crippen molar-refractivity contribution < 1.29 is 13.0 Å². The zero-order chi connectivity index (χ0) is 27.0. The third kappa shape index (κ3) is 11.7. The topological polar surface area (TPSA) is 51.5 Å². The van der Waals surface area contributed by atoms with Crippen molar-refractivity contribution in [2.45, 2.75) is 89.9 Å². The van der Waals surface area contributed by atoms with E-state index in [1.54, 1.807) is 0 Å². The van der Waals surface area contributed by atoms with E-state index in [-0.39, 0.29) is 0 Å². The molecule has 0 aliphatic carbocycles. The first-order valence-corrected chi connectivity index (χ1v) is 26.0. The standard InChI is InChI=1S/C28H47NO3Si4/c1-33(2,3)31-35(7,8)24-36(9,32-34(4,5)6)22-12-10-11-21-30-28-19-17-27(18-20-28)26-15-13-25(23-29)14-16-26/h13-20H,10-12,21-22,24H2,1-9H3. The highest BCUT2D eigenvalue weighted by Gasteiger charge is 2.42. The van der Waals surface area contributed by atoms with Crippen molar-refractivity contribution in [3.8, 4) is 22.9 Å². The molecule has 2 rings (SSSR count). The number of hydrogen-bond donors (Lipinski definition) is 0. The van der Waals surface area contributed by atoms with Crippen LogP contribution in [-0.2, 0) is 8.23 Å². The van der Waals surface area contributed by atoms with E-state index in [0.29, 0.717) is 5.56 Å². The highest BCUT2D eigenvalue weighted by molar-refractivity contribution is 6.96. The minimum Gasteiger partial charge on any atom is -0.494 e. The van der Waals surface area contributed by atoms with E-state index in [1.165, 1.54) is 18.1 Å². The van der Waals surface area contributed by atoms with Gasteiger partial charge in [0.15, 0.2) is 33.3 Å². The van der Waals surface area contributed by atoms with E-state index in [2.05, 4.69) is 77.1 Å². The first-order chi connectivity index (χ1) is 16.6. The zero-order valence-electron chi connectivity index (χ0n) is 24.0.